The lowest BCUT2D eigenvalue weighted by Crippen LogP contribution is -2.44. The van der Waals surface area contributed by atoms with Crippen molar-refractivity contribution in [1.29, 1.82) is 0 Å². The molecule has 0 unspecified atom stereocenters. The number of carbonyl (C=O) groups excluding carboxylic acids is 3. The van der Waals surface area contributed by atoms with Gasteiger partial charge in [-0.05, 0) is 42.3 Å². The van der Waals surface area contributed by atoms with Crippen LogP contribution in [-0.4, -0.2) is 49.4 Å². The van der Waals surface area contributed by atoms with Crippen molar-refractivity contribution in [3.63, 3.8) is 0 Å². The Balaban J connectivity index is 1.85. The molecule has 0 bridgehead atoms. The van der Waals surface area contributed by atoms with Gasteiger partial charge in [-0.15, -0.1) is 0 Å². The number of benzene rings is 1. The summed E-state index contributed by atoms with van der Waals surface area (Å²) in [4.78, 5) is 38.1. The number of nitrogens with zero attached hydrogens (tertiary/aromatic N) is 1. The first-order chi connectivity index (χ1) is 13.4. The van der Waals surface area contributed by atoms with Gasteiger partial charge in [0.2, 0.25) is 11.8 Å². The first-order valence-corrected chi connectivity index (χ1v) is 8.92. The first-order valence-electron chi connectivity index (χ1n) is 8.92. The fraction of sp³-hybridized carbons (Fsp3) is 0.350. The smallest absolute Gasteiger partial charge is 0.290 e. The van der Waals surface area contributed by atoms with Crippen molar-refractivity contribution < 1.29 is 23.5 Å². The van der Waals surface area contributed by atoms with Gasteiger partial charge in [0.1, 0.15) is 5.75 Å². The van der Waals surface area contributed by atoms with Gasteiger partial charge in [0.25, 0.3) is 5.91 Å². The number of methoxy groups -OCH3 is 1. The van der Waals surface area contributed by atoms with Crippen LogP contribution in [0.1, 0.15) is 24.4 Å². The van der Waals surface area contributed by atoms with E-state index in [1.807, 2.05) is 13.8 Å². The molecule has 1 aromatic carbocycles. The molecular weight excluding hydrogens is 362 g/mol. The van der Waals surface area contributed by atoms with Crippen LogP contribution >= 0.6 is 0 Å². The summed E-state index contributed by atoms with van der Waals surface area (Å²) in [5.74, 6) is -0.137. The largest absolute Gasteiger partial charge is 0.497 e. The molecule has 2 N–H and O–H groups in total. The highest BCUT2D eigenvalue weighted by atomic mass is 16.5. The number of hydrogen-bond donors (Lipinski definition) is 2. The third-order valence-electron chi connectivity index (χ3n) is 3.76. The summed E-state index contributed by atoms with van der Waals surface area (Å²) in [6.45, 7) is 3.93. The Bertz CT molecular complexity index is 785. The molecule has 1 heterocycles. The SMILES string of the molecule is COc1ccc(NC(=O)CNC(=O)CN(CC(C)C)C(=O)c2ccco2)cc1. The Labute approximate surface area is 163 Å². The number of rotatable bonds is 9. The molecule has 150 valence electrons. The molecule has 1 aromatic heterocycles. The van der Waals surface area contributed by atoms with Crippen molar-refractivity contribution in [2.75, 3.05) is 32.1 Å². The maximum absolute atomic E-state index is 12.5. The molecule has 0 saturated heterocycles. The molecule has 0 radical (unpaired) electrons. The summed E-state index contributed by atoms with van der Waals surface area (Å²) in [5.41, 5.74) is 0.592. The number of ether oxygens (including phenoxy) is 1. The Morgan fingerprint density at radius 3 is 2.39 bits per heavy atom. The summed E-state index contributed by atoms with van der Waals surface area (Å²) in [7, 11) is 1.56. The van der Waals surface area contributed by atoms with Crippen molar-refractivity contribution in [3.05, 3.63) is 48.4 Å². The maximum Gasteiger partial charge on any atom is 0.290 e. The van der Waals surface area contributed by atoms with Gasteiger partial charge in [-0.2, -0.15) is 0 Å². The van der Waals surface area contributed by atoms with Gasteiger partial charge < -0.3 is 24.7 Å². The van der Waals surface area contributed by atoms with Crippen LogP contribution in [0.3, 0.4) is 0 Å². The van der Waals surface area contributed by atoms with Crippen LogP contribution in [0, 0.1) is 5.92 Å². The van der Waals surface area contributed by atoms with E-state index < -0.39 is 5.91 Å². The fourth-order valence-electron chi connectivity index (χ4n) is 2.50. The van der Waals surface area contributed by atoms with Gasteiger partial charge in [-0.25, -0.2) is 0 Å². The minimum atomic E-state index is -0.426. The van der Waals surface area contributed by atoms with Crippen molar-refractivity contribution in [2.45, 2.75) is 13.8 Å². The number of anilines is 1. The minimum absolute atomic E-state index is 0.159. The van der Waals surface area contributed by atoms with E-state index in [1.165, 1.54) is 11.2 Å². The average Bonchev–Trinajstić information content (AvgIpc) is 3.20. The van der Waals surface area contributed by atoms with E-state index in [9.17, 15) is 14.4 Å². The van der Waals surface area contributed by atoms with Crippen LogP contribution in [0.5, 0.6) is 5.75 Å². The van der Waals surface area contributed by atoms with Crippen molar-refractivity contribution >= 4 is 23.4 Å². The van der Waals surface area contributed by atoms with Gasteiger partial charge in [0.05, 0.1) is 26.5 Å². The predicted octanol–water partition coefficient (Wildman–Crippen LogP) is 2.14. The van der Waals surface area contributed by atoms with Crippen LogP contribution in [0.25, 0.3) is 0 Å². The summed E-state index contributed by atoms with van der Waals surface area (Å²) >= 11 is 0. The monoisotopic (exact) mass is 387 g/mol. The van der Waals surface area contributed by atoms with E-state index >= 15 is 0 Å². The molecule has 8 nitrogen and oxygen atoms in total. The van der Waals surface area contributed by atoms with Crippen molar-refractivity contribution in [1.82, 2.24) is 10.2 Å². The number of furan rings is 1. The van der Waals surface area contributed by atoms with E-state index in [4.69, 9.17) is 9.15 Å². The number of hydrogen-bond acceptors (Lipinski definition) is 5. The zero-order valence-corrected chi connectivity index (χ0v) is 16.2. The zero-order chi connectivity index (χ0) is 20.5. The molecule has 0 aliphatic rings. The van der Waals surface area contributed by atoms with Crippen LogP contribution in [0.4, 0.5) is 5.69 Å². The summed E-state index contributed by atoms with van der Waals surface area (Å²) < 4.78 is 10.2. The van der Waals surface area contributed by atoms with E-state index in [0.29, 0.717) is 18.0 Å². The van der Waals surface area contributed by atoms with Crippen molar-refractivity contribution in [3.8, 4) is 5.75 Å². The summed E-state index contributed by atoms with van der Waals surface area (Å²) in [5, 5.41) is 5.20. The molecule has 2 rings (SSSR count). The summed E-state index contributed by atoms with van der Waals surface area (Å²) in [6.07, 6.45) is 1.41. The highest BCUT2D eigenvalue weighted by Crippen LogP contribution is 2.14. The van der Waals surface area contributed by atoms with Gasteiger partial charge in [-0.1, -0.05) is 13.8 Å². The third-order valence-corrected chi connectivity index (χ3v) is 3.76. The lowest BCUT2D eigenvalue weighted by atomic mass is 10.2. The van der Waals surface area contributed by atoms with Gasteiger partial charge in [0, 0.05) is 12.2 Å². The molecule has 0 aliphatic carbocycles. The lowest BCUT2D eigenvalue weighted by Gasteiger charge is -2.23. The number of amides is 3. The topological polar surface area (TPSA) is 101 Å². The molecule has 0 aliphatic heterocycles. The minimum Gasteiger partial charge on any atom is -0.497 e. The number of nitrogens with one attached hydrogen (secondary N) is 2. The summed E-state index contributed by atoms with van der Waals surface area (Å²) in [6, 6.07) is 10.0. The molecule has 0 atom stereocenters. The third kappa shape index (κ3) is 6.46. The molecule has 0 saturated carbocycles. The Morgan fingerprint density at radius 2 is 1.82 bits per heavy atom. The first kappa shape index (κ1) is 21.0. The van der Waals surface area contributed by atoms with E-state index in [0.717, 1.165) is 0 Å². The Kier molecular flexibility index (Phi) is 7.62. The lowest BCUT2D eigenvalue weighted by molar-refractivity contribution is -0.124. The van der Waals surface area contributed by atoms with Crippen molar-refractivity contribution in [2.24, 2.45) is 5.92 Å². The standard InChI is InChI=1S/C20H25N3O5/c1-14(2)12-23(20(26)17-5-4-10-28-17)13-19(25)21-11-18(24)22-15-6-8-16(27-3)9-7-15/h4-10,14H,11-13H2,1-3H3,(H,21,25)(H,22,24). The molecule has 0 spiro atoms. The second kappa shape index (κ2) is 10.1. The second-order valence-corrected chi connectivity index (χ2v) is 6.61. The maximum atomic E-state index is 12.5. The molecule has 0 fully saturated rings. The highest BCUT2D eigenvalue weighted by Gasteiger charge is 2.22. The van der Waals surface area contributed by atoms with Crippen LogP contribution in [-0.2, 0) is 9.59 Å². The van der Waals surface area contributed by atoms with E-state index in [1.54, 1.807) is 43.5 Å². The second-order valence-electron chi connectivity index (χ2n) is 6.61. The fourth-order valence-corrected chi connectivity index (χ4v) is 2.50. The zero-order valence-electron chi connectivity index (χ0n) is 16.2. The van der Waals surface area contributed by atoms with Gasteiger partial charge >= 0.3 is 0 Å². The van der Waals surface area contributed by atoms with Crippen LogP contribution in [0.2, 0.25) is 0 Å². The van der Waals surface area contributed by atoms with Gasteiger partial charge in [-0.3, -0.25) is 14.4 Å². The Morgan fingerprint density at radius 1 is 1.11 bits per heavy atom. The molecule has 28 heavy (non-hydrogen) atoms. The molecule has 3 amide bonds. The molecule has 8 heteroatoms. The molecule has 2 aromatic rings. The van der Waals surface area contributed by atoms with E-state index in [2.05, 4.69) is 10.6 Å². The Hall–Kier alpha value is -3.29. The molecular formula is C20H25N3O5. The quantitative estimate of drug-likeness (QED) is 0.687. The predicted molar refractivity (Wildman–Crippen MR) is 104 cm³/mol. The average molecular weight is 387 g/mol. The van der Waals surface area contributed by atoms with Gasteiger partial charge in [0.15, 0.2) is 5.76 Å². The normalized spacial score (nSPS) is 10.4. The van der Waals surface area contributed by atoms with E-state index in [-0.39, 0.29) is 36.6 Å². The highest BCUT2D eigenvalue weighted by molar-refractivity contribution is 5.96. The number of carbonyl (C=O) groups is 3. The van der Waals surface area contributed by atoms with Crippen LogP contribution in [0.15, 0.2) is 47.1 Å². The van der Waals surface area contributed by atoms with Crippen LogP contribution < -0.4 is 15.4 Å².